The number of urea groups is 1. The molecule has 1 aromatic rings. The first-order valence-electron chi connectivity index (χ1n) is 8.59. The van der Waals surface area contributed by atoms with Crippen molar-refractivity contribution in [3.63, 3.8) is 0 Å². The lowest BCUT2D eigenvalue weighted by molar-refractivity contribution is -0.127. The molecule has 0 radical (unpaired) electrons. The van der Waals surface area contributed by atoms with Gasteiger partial charge in [-0.25, -0.2) is 4.79 Å². The number of anilines is 1. The van der Waals surface area contributed by atoms with Crippen molar-refractivity contribution in [2.75, 3.05) is 19.0 Å². The van der Waals surface area contributed by atoms with Crippen molar-refractivity contribution in [2.45, 2.75) is 39.2 Å². The quantitative estimate of drug-likeness (QED) is 0.471. The highest BCUT2D eigenvalue weighted by atomic mass is 16.5. The molecule has 8 heteroatoms. The molecule has 0 aliphatic heterocycles. The normalized spacial score (nSPS) is 11.5. The molecule has 0 aliphatic rings. The second-order valence-corrected chi connectivity index (χ2v) is 6.37. The number of carbonyl (C=O) groups excluding carboxylic acids is 3. The summed E-state index contributed by atoms with van der Waals surface area (Å²) in [5.74, 6) is 0.378. The molecule has 0 saturated carbocycles. The molecule has 1 aromatic carbocycles. The van der Waals surface area contributed by atoms with Crippen LogP contribution >= 0.6 is 0 Å². The molecule has 5 N–H and O–H groups in total. The van der Waals surface area contributed by atoms with Gasteiger partial charge in [0, 0.05) is 18.7 Å². The Kier molecular flexibility index (Phi) is 8.97. The fraction of sp³-hybridized carbons (Fsp3) is 0.500. The predicted molar refractivity (Wildman–Crippen MR) is 99.8 cm³/mol. The van der Waals surface area contributed by atoms with Gasteiger partial charge in [-0.2, -0.15) is 0 Å². The fourth-order valence-corrected chi connectivity index (χ4v) is 2.31. The van der Waals surface area contributed by atoms with Gasteiger partial charge in [0.1, 0.15) is 11.8 Å². The lowest BCUT2D eigenvalue weighted by Crippen LogP contribution is -2.44. The van der Waals surface area contributed by atoms with Crippen LogP contribution < -0.4 is 26.4 Å². The summed E-state index contributed by atoms with van der Waals surface area (Å²) in [5.41, 5.74) is 5.63. The Hall–Kier alpha value is -2.77. The zero-order valence-electron chi connectivity index (χ0n) is 15.5. The Morgan fingerprint density at radius 3 is 2.35 bits per heavy atom. The van der Waals surface area contributed by atoms with E-state index in [0.29, 0.717) is 37.2 Å². The summed E-state index contributed by atoms with van der Waals surface area (Å²) >= 11 is 0. The minimum atomic E-state index is -0.696. The topological polar surface area (TPSA) is 123 Å². The average Bonchev–Trinajstić information content (AvgIpc) is 2.57. The molecule has 0 aromatic heterocycles. The van der Waals surface area contributed by atoms with Crippen LogP contribution in [0.5, 0.6) is 5.75 Å². The molecule has 1 rings (SSSR count). The van der Waals surface area contributed by atoms with Crippen LogP contribution in [0.15, 0.2) is 24.3 Å². The van der Waals surface area contributed by atoms with Gasteiger partial charge in [-0.1, -0.05) is 13.8 Å². The van der Waals surface area contributed by atoms with E-state index < -0.39 is 12.1 Å². The molecule has 0 aliphatic carbocycles. The minimum Gasteiger partial charge on any atom is -0.497 e. The van der Waals surface area contributed by atoms with Crippen LogP contribution in [0.3, 0.4) is 0 Å². The third-order valence-electron chi connectivity index (χ3n) is 3.57. The average molecular weight is 364 g/mol. The Balaban J connectivity index is 2.68. The number of nitrogens with two attached hydrogens (primary N) is 1. The van der Waals surface area contributed by atoms with Crippen LogP contribution in [0.25, 0.3) is 0 Å². The minimum absolute atomic E-state index is 0.183. The number of nitrogens with one attached hydrogen (secondary N) is 3. The van der Waals surface area contributed by atoms with E-state index >= 15 is 0 Å². The summed E-state index contributed by atoms with van der Waals surface area (Å²) < 4.78 is 5.08. The maximum atomic E-state index is 12.5. The van der Waals surface area contributed by atoms with E-state index in [9.17, 15) is 14.4 Å². The standard InChI is InChI=1S/C18H28N4O4/c1-12(2)11-16(23)22-15(5-4-10-20-18(19)25)17(24)21-13-6-8-14(26-3)9-7-13/h6-9,12,15H,4-5,10-11H2,1-3H3,(H,21,24)(H,22,23)(H3,19,20,25)/t15-/m0/s1. The number of methoxy groups -OCH3 is 1. The Labute approximate surface area is 153 Å². The van der Waals surface area contributed by atoms with E-state index in [1.807, 2.05) is 13.8 Å². The van der Waals surface area contributed by atoms with Crippen molar-refractivity contribution in [2.24, 2.45) is 11.7 Å². The molecule has 0 unspecified atom stereocenters. The molecule has 4 amide bonds. The fourth-order valence-electron chi connectivity index (χ4n) is 2.31. The van der Waals surface area contributed by atoms with Crippen molar-refractivity contribution in [3.05, 3.63) is 24.3 Å². The van der Waals surface area contributed by atoms with Gasteiger partial charge in [-0.05, 0) is 43.0 Å². The van der Waals surface area contributed by atoms with Crippen LogP contribution in [0.1, 0.15) is 33.1 Å². The van der Waals surface area contributed by atoms with Crippen LogP contribution in [-0.2, 0) is 9.59 Å². The number of hydrogen-bond donors (Lipinski definition) is 4. The molecule has 1 atom stereocenters. The molecule has 144 valence electrons. The number of ether oxygens (including phenoxy) is 1. The SMILES string of the molecule is COc1ccc(NC(=O)[C@H](CCCNC(N)=O)NC(=O)CC(C)C)cc1. The van der Waals surface area contributed by atoms with Crippen molar-refractivity contribution in [3.8, 4) is 5.75 Å². The Morgan fingerprint density at radius 2 is 1.81 bits per heavy atom. The number of amides is 4. The van der Waals surface area contributed by atoms with Crippen molar-refractivity contribution in [1.29, 1.82) is 0 Å². The molecule has 0 saturated heterocycles. The maximum Gasteiger partial charge on any atom is 0.312 e. The van der Waals surface area contributed by atoms with Gasteiger partial charge >= 0.3 is 6.03 Å². The highest BCUT2D eigenvalue weighted by molar-refractivity contribution is 5.97. The summed E-state index contributed by atoms with van der Waals surface area (Å²) in [7, 11) is 1.56. The summed E-state index contributed by atoms with van der Waals surface area (Å²) in [6.45, 7) is 4.20. The van der Waals surface area contributed by atoms with Gasteiger partial charge in [-0.15, -0.1) is 0 Å². The van der Waals surface area contributed by atoms with E-state index in [2.05, 4.69) is 16.0 Å². The Morgan fingerprint density at radius 1 is 1.15 bits per heavy atom. The van der Waals surface area contributed by atoms with E-state index in [4.69, 9.17) is 10.5 Å². The summed E-state index contributed by atoms with van der Waals surface area (Å²) in [6.07, 6.45) is 1.23. The molecule has 26 heavy (non-hydrogen) atoms. The van der Waals surface area contributed by atoms with Gasteiger partial charge in [0.2, 0.25) is 11.8 Å². The second-order valence-electron chi connectivity index (χ2n) is 6.37. The molecule has 0 heterocycles. The summed E-state index contributed by atoms with van der Waals surface area (Å²) in [6, 6.07) is 5.60. The third kappa shape index (κ3) is 8.36. The van der Waals surface area contributed by atoms with E-state index in [1.165, 1.54) is 0 Å². The van der Waals surface area contributed by atoms with Crippen molar-refractivity contribution >= 4 is 23.5 Å². The van der Waals surface area contributed by atoms with E-state index in [1.54, 1.807) is 31.4 Å². The molecular formula is C18H28N4O4. The number of primary amides is 1. The van der Waals surface area contributed by atoms with Crippen molar-refractivity contribution in [1.82, 2.24) is 10.6 Å². The number of rotatable bonds is 10. The number of benzene rings is 1. The highest BCUT2D eigenvalue weighted by Gasteiger charge is 2.21. The van der Waals surface area contributed by atoms with Crippen LogP contribution in [0, 0.1) is 5.92 Å². The Bertz CT molecular complexity index is 602. The van der Waals surface area contributed by atoms with Gasteiger partial charge in [0.05, 0.1) is 7.11 Å². The first-order valence-corrected chi connectivity index (χ1v) is 8.59. The first-order chi connectivity index (χ1) is 12.3. The summed E-state index contributed by atoms with van der Waals surface area (Å²) in [4.78, 5) is 35.3. The largest absolute Gasteiger partial charge is 0.497 e. The van der Waals surface area contributed by atoms with E-state index in [-0.39, 0.29) is 17.7 Å². The highest BCUT2D eigenvalue weighted by Crippen LogP contribution is 2.15. The first kappa shape index (κ1) is 21.3. The molecule has 0 fully saturated rings. The van der Waals surface area contributed by atoms with Crippen LogP contribution in [0.4, 0.5) is 10.5 Å². The van der Waals surface area contributed by atoms with Gasteiger partial charge < -0.3 is 26.4 Å². The zero-order valence-corrected chi connectivity index (χ0v) is 15.5. The monoisotopic (exact) mass is 364 g/mol. The zero-order chi connectivity index (χ0) is 19.5. The lowest BCUT2D eigenvalue weighted by Gasteiger charge is -2.19. The number of hydrogen-bond acceptors (Lipinski definition) is 4. The van der Waals surface area contributed by atoms with Crippen LogP contribution in [-0.4, -0.2) is 37.5 Å². The predicted octanol–water partition coefficient (Wildman–Crippen LogP) is 1.61. The smallest absolute Gasteiger partial charge is 0.312 e. The summed E-state index contributed by atoms with van der Waals surface area (Å²) in [5, 5.41) is 8.01. The van der Waals surface area contributed by atoms with E-state index in [0.717, 1.165) is 0 Å². The molecular weight excluding hydrogens is 336 g/mol. The second kappa shape index (κ2) is 11.0. The maximum absolute atomic E-state index is 12.5. The van der Waals surface area contributed by atoms with Gasteiger partial charge in [0.15, 0.2) is 0 Å². The molecule has 8 nitrogen and oxygen atoms in total. The lowest BCUT2D eigenvalue weighted by atomic mass is 10.1. The van der Waals surface area contributed by atoms with Gasteiger partial charge in [0.25, 0.3) is 0 Å². The van der Waals surface area contributed by atoms with Crippen LogP contribution in [0.2, 0.25) is 0 Å². The molecule has 0 bridgehead atoms. The van der Waals surface area contributed by atoms with Gasteiger partial charge in [-0.3, -0.25) is 9.59 Å². The number of carbonyl (C=O) groups is 3. The molecule has 0 spiro atoms. The third-order valence-corrected chi connectivity index (χ3v) is 3.57. The van der Waals surface area contributed by atoms with Crippen molar-refractivity contribution < 1.29 is 19.1 Å².